The maximum absolute atomic E-state index is 11.6. The summed E-state index contributed by atoms with van der Waals surface area (Å²) in [7, 11) is 0. The second-order valence-corrected chi connectivity index (χ2v) is 8.16. The summed E-state index contributed by atoms with van der Waals surface area (Å²) >= 11 is 0. The van der Waals surface area contributed by atoms with Crippen LogP contribution in [-0.4, -0.2) is 22.4 Å². The number of para-hydroxylation sites is 1. The van der Waals surface area contributed by atoms with E-state index in [1.807, 2.05) is 83.4 Å². The van der Waals surface area contributed by atoms with Gasteiger partial charge in [-0.05, 0) is 29.5 Å². The monoisotopic (exact) mass is 451 g/mol. The van der Waals surface area contributed by atoms with Gasteiger partial charge in [0.25, 0.3) is 0 Å². The Kier molecular flexibility index (Phi) is 6.17. The third-order valence-corrected chi connectivity index (χ3v) is 5.96. The standard InChI is InChI=1S/C29H25NO4/c31-29(32)34-28-25(20-21-10-2-1-3-11-21)24-15-6-7-16-26(24)30(28)18-9-19-33-27-17-8-13-22-12-4-5-14-23(22)27/h1-8,10-17H,9,18-20H2,(H,31,32). The molecule has 1 N–H and O–H groups in total. The van der Waals surface area contributed by atoms with Crippen molar-refractivity contribution in [1.29, 1.82) is 0 Å². The minimum atomic E-state index is -1.31. The molecule has 5 rings (SSSR count). The summed E-state index contributed by atoms with van der Waals surface area (Å²) in [6.07, 6.45) is -0.0306. The molecule has 0 atom stereocenters. The lowest BCUT2D eigenvalue weighted by Crippen LogP contribution is -2.11. The van der Waals surface area contributed by atoms with Crippen LogP contribution < -0.4 is 9.47 Å². The zero-order chi connectivity index (χ0) is 23.3. The number of nitrogens with zero attached hydrogens (tertiary/aromatic N) is 1. The van der Waals surface area contributed by atoms with E-state index in [4.69, 9.17) is 9.47 Å². The maximum atomic E-state index is 11.6. The fourth-order valence-corrected chi connectivity index (χ4v) is 4.47. The summed E-state index contributed by atoms with van der Waals surface area (Å²) in [6, 6.07) is 32.1. The Morgan fingerprint density at radius 2 is 1.50 bits per heavy atom. The molecule has 34 heavy (non-hydrogen) atoms. The zero-order valence-electron chi connectivity index (χ0n) is 18.7. The van der Waals surface area contributed by atoms with E-state index >= 15 is 0 Å². The van der Waals surface area contributed by atoms with Gasteiger partial charge in [-0.2, -0.15) is 0 Å². The number of aromatic nitrogens is 1. The van der Waals surface area contributed by atoms with Gasteiger partial charge in [-0.1, -0.05) is 84.9 Å². The normalized spacial score (nSPS) is 11.1. The topological polar surface area (TPSA) is 60.7 Å². The number of carboxylic acid groups (broad SMARTS) is 1. The van der Waals surface area contributed by atoms with Crippen molar-refractivity contribution in [2.45, 2.75) is 19.4 Å². The first-order valence-electron chi connectivity index (χ1n) is 11.4. The van der Waals surface area contributed by atoms with Gasteiger partial charge in [0.05, 0.1) is 12.1 Å². The zero-order valence-corrected chi connectivity index (χ0v) is 18.7. The van der Waals surface area contributed by atoms with Crippen LogP contribution in [0.4, 0.5) is 4.79 Å². The molecule has 0 radical (unpaired) electrons. The van der Waals surface area contributed by atoms with Gasteiger partial charge in [0.1, 0.15) is 5.75 Å². The molecule has 0 bridgehead atoms. The van der Waals surface area contributed by atoms with Crippen molar-refractivity contribution < 1.29 is 19.4 Å². The van der Waals surface area contributed by atoms with Gasteiger partial charge < -0.3 is 19.1 Å². The molecular weight excluding hydrogens is 426 g/mol. The van der Waals surface area contributed by atoms with Crippen molar-refractivity contribution in [3.8, 4) is 11.6 Å². The van der Waals surface area contributed by atoms with Gasteiger partial charge in [-0.3, -0.25) is 0 Å². The predicted molar refractivity (Wildman–Crippen MR) is 134 cm³/mol. The van der Waals surface area contributed by atoms with Crippen molar-refractivity contribution in [3.05, 3.63) is 108 Å². The molecule has 0 unspecified atom stereocenters. The number of fused-ring (bicyclic) bond motifs is 2. The first kappa shape index (κ1) is 21.6. The van der Waals surface area contributed by atoms with Crippen molar-refractivity contribution >= 4 is 27.8 Å². The van der Waals surface area contributed by atoms with Gasteiger partial charge in [0.15, 0.2) is 0 Å². The van der Waals surface area contributed by atoms with E-state index in [9.17, 15) is 9.90 Å². The number of hydrogen-bond acceptors (Lipinski definition) is 3. The molecule has 0 spiro atoms. The van der Waals surface area contributed by atoms with Gasteiger partial charge in [-0.15, -0.1) is 0 Å². The molecule has 0 amide bonds. The smallest absolute Gasteiger partial charge is 0.493 e. The molecule has 5 heteroatoms. The van der Waals surface area contributed by atoms with Crippen molar-refractivity contribution in [2.24, 2.45) is 0 Å². The van der Waals surface area contributed by atoms with Gasteiger partial charge >= 0.3 is 6.16 Å². The Balaban J connectivity index is 1.41. The summed E-state index contributed by atoms with van der Waals surface area (Å²) < 4.78 is 13.4. The molecule has 0 saturated carbocycles. The predicted octanol–water partition coefficient (Wildman–Crippen LogP) is 6.91. The number of rotatable bonds is 8. The highest BCUT2D eigenvalue weighted by atomic mass is 16.7. The molecule has 0 aliphatic rings. The second-order valence-electron chi connectivity index (χ2n) is 8.16. The van der Waals surface area contributed by atoms with Crippen LogP contribution in [-0.2, 0) is 13.0 Å². The molecule has 5 nitrogen and oxygen atoms in total. The molecule has 5 aromatic rings. The van der Waals surface area contributed by atoms with Crippen LogP contribution in [0.15, 0.2) is 97.1 Å². The van der Waals surface area contributed by atoms with Crippen LogP contribution in [0, 0.1) is 0 Å². The van der Waals surface area contributed by atoms with Crippen LogP contribution in [0.1, 0.15) is 17.5 Å². The van der Waals surface area contributed by atoms with Gasteiger partial charge in [0, 0.05) is 29.3 Å². The van der Waals surface area contributed by atoms with Crippen LogP contribution in [0.5, 0.6) is 11.6 Å². The minimum absolute atomic E-state index is 0.378. The highest BCUT2D eigenvalue weighted by molar-refractivity contribution is 5.89. The SMILES string of the molecule is O=C(O)Oc1c(Cc2ccccc2)c2ccccc2n1CCCOc1cccc2ccccc12. The number of benzene rings is 4. The summed E-state index contributed by atoms with van der Waals surface area (Å²) in [5.74, 6) is 1.23. The van der Waals surface area contributed by atoms with Crippen LogP contribution >= 0.6 is 0 Å². The lowest BCUT2D eigenvalue weighted by atomic mass is 10.0. The summed E-state index contributed by atoms with van der Waals surface area (Å²) in [5, 5.41) is 12.7. The van der Waals surface area contributed by atoms with E-state index in [2.05, 4.69) is 18.2 Å². The molecule has 0 fully saturated rings. The van der Waals surface area contributed by atoms with Gasteiger partial charge in [0.2, 0.25) is 5.88 Å². The number of ether oxygens (including phenoxy) is 2. The fraction of sp³-hybridized carbons (Fsp3) is 0.138. The summed E-state index contributed by atoms with van der Waals surface area (Å²) in [4.78, 5) is 11.6. The first-order valence-corrected chi connectivity index (χ1v) is 11.4. The lowest BCUT2D eigenvalue weighted by molar-refractivity contribution is 0.140. The van der Waals surface area contributed by atoms with Gasteiger partial charge in [-0.25, -0.2) is 4.79 Å². The van der Waals surface area contributed by atoms with E-state index in [-0.39, 0.29) is 0 Å². The molecule has 0 aliphatic heterocycles. The lowest BCUT2D eigenvalue weighted by Gasteiger charge is -2.12. The third-order valence-electron chi connectivity index (χ3n) is 5.96. The Morgan fingerprint density at radius 1 is 0.794 bits per heavy atom. The average Bonchev–Trinajstić information content (AvgIpc) is 3.14. The number of aryl methyl sites for hydroxylation is 1. The summed E-state index contributed by atoms with van der Waals surface area (Å²) in [5.41, 5.74) is 2.92. The number of hydrogen-bond donors (Lipinski definition) is 1. The van der Waals surface area contributed by atoms with E-state index in [1.165, 1.54) is 0 Å². The molecule has 1 heterocycles. The highest BCUT2D eigenvalue weighted by Gasteiger charge is 2.21. The van der Waals surface area contributed by atoms with Crippen molar-refractivity contribution in [2.75, 3.05) is 6.61 Å². The van der Waals surface area contributed by atoms with E-state index in [0.717, 1.165) is 38.6 Å². The number of carbonyl (C=O) groups is 1. The molecular formula is C29H25NO4. The summed E-state index contributed by atoms with van der Waals surface area (Å²) in [6.45, 7) is 1.07. The highest BCUT2D eigenvalue weighted by Crippen LogP contribution is 2.34. The minimum Gasteiger partial charge on any atom is -0.493 e. The quantitative estimate of drug-likeness (QED) is 0.206. The van der Waals surface area contributed by atoms with Crippen molar-refractivity contribution in [1.82, 2.24) is 4.57 Å². The maximum Gasteiger partial charge on any atom is 0.512 e. The molecule has 0 saturated heterocycles. The van der Waals surface area contributed by atoms with E-state index in [1.54, 1.807) is 0 Å². The molecule has 4 aromatic carbocycles. The largest absolute Gasteiger partial charge is 0.512 e. The molecule has 0 aliphatic carbocycles. The molecule has 1 aromatic heterocycles. The third kappa shape index (κ3) is 4.46. The van der Waals surface area contributed by atoms with Crippen LogP contribution in [0.3, 0.4) is 0 Å². The first-order chi connectivity index (χ1) is 16.7. The second kappa shape index (κ2) is 9.71. The van der Waals surface area contributed by atoms with Crippen LogP contribution in [0.2, 0.25) is 0 Å². The Labute approximate surface area is 197 Å². The van der Waals surface area contributed by atoms with Crippen molar-refractivity contribution in [3.63, 3.8) is 0 Å². The Bertz CT molecular complexity index is 1430. The fourth-order valence-electron chi connectivity index (χ4n) is 4.47. The Morgan fingerprint density at radius 3 is 2.32 bits per heavy atom. The average molecular weight is 452 g/mol. The van der Waals surface area contributed by atoms with E-state index in [0.29, 0.717) is 31.9 Å². The Hall–Kier alpha value is -4.25. The molecule has 170 valence electrons. The van der Waals surface area contributed by atoms with E-state index < -0.39 is 6.16 Å². The van der Waals surface area contributed by atoms with Crippen LogP contribution in [0.25, 0.3) is 21.7 Å².